The predicted octanol–water partition coefficient (Wildman–Crippen LogP) is 1.63. The number of benzene rings is 1. The maximum absolute atomic E-state index is 11.8. The first-order valence-corrected chi connectivity index (χ1v) is 5.50. The Morgan fingerprint density at radius 3 is 2.31 bits per heavy atom. The molecule has 1 N–H and O–H groups in total. The maximum Gasteiger partial charge on any atom is 0.152 e. The van der Waals surface area contributed by atoms with Crippen LogP contribution in [0.3, 0.4) is 0 Å². The lowest BCUT2D eigenvalue weighted by atomic mass is 9.97. The Bertz CT molecular complexity index is 335. The van der Waals surface area contributed by atoms with Gasteiger partial charge >= 0.3 is 0 Å². The molecule has 0 fully saturated rings. The van der Waals surface area contributed by atoms with Crippen LogP contribution >= 0.6 is 0 Å². The van der Waals surface area contributed by atoms with Gasteiger partial charge in [-0.3, -0.25) is 9.69 Å². The van der Waals surface area contributed by atoms with Crippen LogP contribution in [0.5, 0.6) is 0 Å². The molecule has 1 rings (SSSR count). The summed E-state index contributed by atoms with van der Waals surface area (Å²) >= 11 is 0. The van der Waals surface area contributed by atoms with Crippen molar-refractivity contribution in [3.63, 3.8) is 0 Å². The molecule has 0 spiro atoms. The second-order valence-corrected chi connectivity index (χ2v) is 4.08. The minimum Gasteiger partial charge on any atom is -0.386 e. The molecule has 16 heavy (non-hydrogen) atoms. The summed E-state index contributed by atoms with van der Waals surface area (Å²) in [6.45, 7) is 1.82. The highest BCUT2D eigenvalue weighted by Gasteiger charge is 2.28. The monoisotopic (exact) mass is 221 g/mol. The van der Waals surface area contributed by atoms with E-state index in [-0.39, 0.29) is 5.78 Å². The predicted molar refractivity (Wildman–Crippen MR) is 64.2 cm³/mol. The fraction of sp³-hybridized carbons (Fsp3) is 0.462. The van der Waals surface area contributed by atoms with Gasteiger partial charge in [-0.1, -0.05) is 37.3 Å². The van der Waals surface area contributed by atoms with E-state index in [2.05, 4.69) is 0 Å². The van der Waals surface area contributed by atoms with Crippen LogP contribution in [0.1, 0.15) is 25.0 Å². The topological polar surface area (TPSA) is 40.5 Å². The van der Waals surface area contributed by atoms with Gasteiger partial charge in [-0.25, -0.2) is 0 Å². The second kappa shape index (κ2) is 5.77. The third kappa shape index (κ3) is 2.90. The molecule has 0 unspecified atom stereocenters. The van der Waals surface area contributed by atoms with Crippen molar-refractivity contribution in [1.82, 2.24) is 4.90 Å². The molecule has 0 aliphatic rings. The van der Waals surface area contributed by atoms with Crippen molar-refractivity contribution in [2.75, 3.05) is 14.1 Å². The number of aliphatic hydroxyl groups excluding tert-OH is 1. The van der Waals surface area contributed by atoms with Gasteiger partial charge in [0.05, 0.1) is 6.04 Å². The fourth-order valence-corrected chi connectivity index (χ4v) is 1.79. The zero-order valence-electron chi connectivity index (χ0n) is 10.1. The number of aliphatic hydroxyl groups is 1. The van der Waals surface area contributed by atoms with Crippen molar-refractivity contribution in [2.45, 2.75) is 25.5 Å². The molecule has 0 amide bonds. The first-order valence-electron chi connectivity index (χ1n) is 5.50. The Balaban J connectivity index is 2.92. The second-order valence-electron chi connectivity index (χ2n) is 4.08. The maximum atomic E-state index is 11.8. The van der Waals surface area contributed by atoms with Crippen LogP contribution < -0.4 is 0 Å². The summed E-state index contributed by atoms with van der Waals surface area (Å²) in [5, 5.41) is 10.2. The molecule has 0 radical (unpaired) electrons. The van der Waals surface area contributed by atoms with Gasteiger partial charge in [0.25, 0.3) is 0 Å². The summed E-state index contributed by atoms with van der Waals surface area (Å²) < 4.78 is 0. The van der Waals surface area contributed by atoms with Gasteiger partial charge in [0.1, 0.15) is 6.10 Å². The van der Waals surface area contributed by atoms with E-state index in [1.54, 1.807) is 4.90 Å². The molecule has 0 aliphatic heterocycles. The van der Waals surface area contributed by atoms with Crippen LogP contribution in [0.15, 0.2) is 30.3 Å². The van der Waals surface area contributed by atoms with Gasteiger partial charge in [0, 0.05) is 6.42 Å². The summed E-state index contributed by atoms with van der Waals surface area (Å²) in [5.41, 5.74) is 0.781. The van der Waals surface area contributed by atoms with Gasteiger partial charge in [-0.2, -0.15) is 0 Å². The highest BCUT2D eigenvalue weighted by Crippen LogP contribution is 2.20. The Morgan fingerprint density at radius 2 is 1.88 bits per heavy atom. The quantitative estimate of drug-likeness (QED) is 0.821. The van der Waals surface area contributed by atoms with Crippen LogP contribution in [-0.4, -0.2) is 35.9 Å². The number of ketones is 1. The van der Waals surface area contributed by atoms with Crippen molar-refractivity contribution < 1.29 is 9.90 Å². The van der Waals surface area contributed by atoms with Crippen molar-refractivity contribution in [3.8, 4) is 0 Å². The Labute approximate surface area is 96.7 Å². The molecule has 0 heterocycles. The summed E-state index contributed by atoms with van der Waals surface area (Å²) in [5.74, 6) is 0.0568. The standard InChI is InChI=1S/C13H19NO2/c1-4-11(15)12(14(2)3)13(16)10-8-6-5-7-9-10/h5-9,12-13,16H,4H2,1-3H3/t12-,13-/m1/s1. The summed E-state index contributed by atoms with van der Waals surface area (Å²) in [4.78, 5) is 13.5. The normalized spacial score (nSPS) is 14.8. The number of rotatable bonds is 5. The highest BCUT2D eigenvalue weighted by molar-refractivity contribution is 5.84. The van der Waals surface area contributed by atoms with E-state index in [4.69, 9.17) is 0 Å². The molecule has 3 heteroatoms. The largest absolute Gasteiger partial charge is 0.386 e. The lowest BCUT2D eigenvalue weighted by Crippen LogP contribution is -2.40. The number of nitrogens with zero attached hydrogens (tertiary/aromatic N) is 1. The van der Waals surface area contributed by atoms with E-state index in [1.165, 1.54) is 0 Å². The zero-order valence-corrected chi connectivity index (χ0v) is 10.1. The third-order valence-electron chi connectivity index (χ3n) is 2.67. The molecular formula is C13H19NO2. The Kier molecular flexibility index (Phi) is 4.65. The van der Waals surface area contributed by atoms with Crippen molar-refractivity contribution >= 4 is 5.78 Å². The van der Waals surface area contributed by atoms with E-state index >= 15 is 0 Å². The van der Waals surface area contributed by atoms with Crippen molar-refractivity contribution in [1.29, 1.82) is 0 Å². The SMILES string of the molecule is CCC(=O)[C@H]([C@H](O)c1ccccc1)N(C)C. The molecule has 0 saturated carbocycles. The molecule has 0 saturated heterocycles. The zero-order chi connectivity index (χ0) is 12.1. The van der Waals surface area contributed by atoms with E-state index in [0.717, 1.165) is 5.56 Å². The molecule has 0 aliphatic carbocycles. The molecular weight excluding hydrogens is 202 g/mol. The van der Waals surface area contributed by atoms with Crippen molar-refractivity contribution in [3.05, 3.63) is 35.9 Å². The first-order chi connectivity index (χ1) is 7.57. The van der Waals surface area contributed by atoms with Crippen LogP contribution in [-0.2, 0) is 4.79 Å². The van der Waals surface area contributed by atoms with E-state index in [9.17, 15) is 9.90 Å². The van der Waals surface area contributed by atoms with E-state index in [0.29, 0.717) is 6.42 Å². The Morgan fingerprint density at radius 1 is 1.31 bits per heavy atom. The summed E-state index contributed by atoms with van der Waals surface area (Å²) in [6, 6.07) is 8.83. The van der Waals surface area contributed by atoms with E-state index < -0.39 is 12.1 Å². The average molecular weight is 221 g/mol. The number of Topliss-reactive ketones (excluding diaryl/α,β-unsaturated/α-hetero) is 1. The molecule has 1 aromatic carbocycles. The molecule has 2 atom stereocenters. The van der Waals surface area contributed by atoms with Gasteiger partial charge in [0.15, 0.2) is 5.78 Å². The molecule has 3 nitrogen and oxygen atoms in total. The Hall–Kier alpha value is -1.19. The van der Waals surface area contributed by atoms with Crippen LogP contribution in [0, 0.1) is 0 Å². The number of carbonyl (C=O) groups is 1. The van der Waals surface area contributed by atoms with Crippen LogP contribution in [0.4, 0.5) is 0 Å². The highest BCUT2D eigenvalue weighted by atomic mass is 16.3. The van der Waals surface area contributed by atoms with Crippen LogP contribution in [0.2, 0.25) is 0 Å². The molecule has 1 aromatic rings. The van der Waals surface area contributed by atoms with E-state index in [1.807, 2.05) is 51.4 Å². The number of carbonyl (C=O) groups excluding carboxylic acids is 1. The minimum atomic E-state index is -0.761. The average Bonchev–Trinajstić information content (AvgIpc) is 2.29. The lowest BCUT2D eigenvalue weighted by Gasteiger charge is -2.27. The smallest absolute Gasteiger partial charge is 0.152 e. The number of likely N-dealkylation sites (N-methyl/N-ethyl adjacent to an activating group) is 1. The third-order valence-corrected chi connectivity index (χ3v) is 2.67. The van der Waals surface area contributed by atoms with Gasteiger partial charge in [-0.05, 0) is 19.7 Å². The molecule has 0 bridgehead atoms. The number of hydrogen-bond acceptors (Lipinski definition) is 3. The summed E-state index contributed by atoms with van der Waals surface area (Å²) in [7, 11) is 3.62. The molecule has 88 valence electrons. The molecule has 0 aromatic heterocycles. The van der Waals surface area contributed by atoms with Gasteiger partial charge < -0.3 is 5.11 Å². The van der Waals surface area contributed by atoms with Gasteiger partial charge in [-0.15, -0.1) is 0 Å². The van der Waals surface area contributed by atoms with Crippen LogP contribution in [0.25, 0.3) is 0 Å². The first kappa shape index (κ1) is 12.9. The van der Waals surface area contributed by atoms with Crippen molar-refractivity contribution in [2.24, 2.45) is 0 Å². The van der Waals surface area contributed by atoms with Gasteiger partial charge in [0.2, 0.25) is 0 Å². The fourth-order valence-electron chi connectivity index (χ4n) is 1.79. The summed E-state index contributed by atoms with van der Waals surface area (Å²) in [6.07, 6.45) is -0.323. The minimum absolute atomic E-state index is 0.0568. The number of hydrogen-bond donors (Lipinski definition) is 1. The lowest BCUT2D eigenvalue weighted by molar-refractivity contribution is -0.127.